The number of rotatable bonds is 9. The number of likely N-dealkylation sites (tertiary alicyclic amines) is 1. The lowest BCUT2D eigenvalue weighted by Gasteiger charge is -2.31. The monoisotopic (exact) mass is 528 g/mol. The van der Waals surface area contributed by atoms with Gasteiger partial charge in [-0.3, -0.25) is 19.2 Å². The maximum atomic E-state index is 12.9. The van der Waals surface area contributed by atoms with Crippen LogP contribution >= 0.6 is 11.6 Å². The van der Waals surface area contributed by atoms with Crippen LogP contribution < -0.4 is 16.0 Å². The van der Waals surface area contributed by atoms with Gasteiger partial charge in [0.05, 0.1) is 19.1 Å². The predicted octanol–water partition coefficient (Wildman–Crippen LogP) is 2.04. The van der Waals surface area contributed by atoms with Crippen LogP contribution in [0.25, 0.3) is 0 Å². The molecule has 2 heterocycles. The molecular formula is C25H29ClN6O5. The summed E-state index contributed by atoms with van der Waals surface area (Å²) in [6.07, 6.45) is 2.23. The summed E-state index contributed by atoms with van der Waals surface area (Å²) < 4.78 is 5.05. The van der Waals surface area contributed by atoms with Crippen LogP contribution in [0.1, 0.15) is 35.8 Å². The van der Waals surface area contributed by atoms with Crippen LogP contribution in [0.2, 0.25) is 5.15 Å². The third-order valence-corrected chi connectivity index (χ3v) is 5.76. The van der Waals surface area contributed by atoms with E-state index in [1.165, 1.54) is 6.20 Å². The fraction of sp³-hybridized carbons (Fsp3) is 0.360. The van der Waals surface area contributed by atoms with Gasteiger partial charge in [0.1, 0.15) is 10.9 Å². The minimum absolute atomic E-state index is 0.129. The summed E-state index contributed by atoms with van der Waals surface area (Å²) in [6.45, 7) is 4.29. The average molecular weight is 529 g/mol. The van der Waals surface area contributed by atoms with Crippen molar-refractivity contribution in [3.63, 3.8) is 0 Å². The van der Waals surface area contributed by atoms with Gasteiger partial charge in [0.25, 0.3) is 11.8 Å². The third-order valence-electron chi connectivity index (χ3n) is 5.57. The summed E-state index contributed by atoms with van der Waals surface area (Å²) in [5, 5.41) is 8.05. The number of amides is 3. The standard InChI is InChI=1S/C25H29ClN6O5/c1-3-37-24(36)18-9-11-32(12-10-18)21(33)15-27-23(35)19(30-22(34)17-7-5-4-6-8-17)14-28-25-29-16(2)13-20(26)31-25/h4-8,13-14,18H,3,9-12,15H2,1-2H3,(H,27,35)(H,30,34)(H,28,29,31)/b19-14+. The molecule has 196 valence electrons. The molecule has 1 aliphatic rings. The summed E-state index contributed by atoms with van der Waals surface area (Å²) in [4.78, 5) is 60.0. The molecule has 2 aromatic rings. The average Bonchev–Trinajstić information content (AvgIpc) is 2.89. The molecule has 3 rings (SSSR count). The number of piperidine rings is 1. The highest BCUT2D eigenvalue weighted by molar-refractivity contribution is 6.29. The largest absolute Gasteiger partial charge is 0.466 e. The number of halogens is 1. The van der Waals surface area contributed by atoms with Gasteiger partial charge in [0.2, 0.25) is 11.9 Å². The highest BCUT2D eigenvalue weighted by Gasteiger charge is 2.28. The fourth-order valence-corrected chi connectivity index (χ4v) is 3.90. The SMILES string of the molecule is CCOC(=O)C1CCN(C(=O)CNC(=O)/C(=C\Nc2nc(C)cc(Cl)n2)NC(=O)c2ccccc2)CC1. The Bertz CT molecular complexity index is 1150. The molecule has 37 heavy (non-hydrogen) atoms. The summed E-state index contributed by atoms with van der Waals surface area (Å²) in [6, 6.07) is 9.94. The fourth-order valence-electron chi connectivity index (χ4n) is 3.66. The van der Waals surface area contributed by atoms with E-state index in [1.54, 1.807) is 55.1 Å². The molecule has 12 heteroatoms. The Balaban J connectivity index is 1.64. The molecule has 0 atom stereocenters. The van der Waals surface area contributed by atoms with Crippen LogP contribution in [0.4, 0.5) is 5.95 Å². The molecule has 3 amide bonds. The molecule has 0 radical (unpaired) electrons. The van der Waals surface area contributed by atoms with Gasteiger partial charge in [0.15, 0.2) is 0 Å². The number of nitrogens with zero attached hydrogens (tertiary/aromatic N) is 3. The summed E-state index contributed by atoms with van der Waals surface area (Å²) >= 11 is 5.96. The zero-order valence-corrected chi connectivity index (χ0v) is 21.4. The number of carbonyl (C=O) groups excluding carboxylic acids is 4. The summed E-state index contributed by atoms with van der Waals surface area (Å²) in [5.74, 6) is -1.86. The first-order valence-electron chi connectivity index (χ1n) is 11.8. The van der Waals surface area contributed by atoms with Crippen molar-refractivity contribution in [2.45, 2.75) is 26.7 Å². The Kier molecular flexibility index (Phi) is 9.96. The normalized spacial score (nSPS) is 14.0. The number of hydrogen-bond donors (Lipinski definition) is 3. The number of hydrogen-bond acceptors (Lipinski definition) is 8. The zero-order valence-electron chi connectivity index (χ0n) is 20.6. The van der Waals surface area contributed by atoms with Crippen LogP contribution in [0.5, 0.6) is 0 Å². The Hall–Kier alpha value is -3.99. The zero-order chi connectivity index (χ0) is 26.8. The lowest BCUT2D eigenvalue weighted by molar-refractivity contribution is -0.151. The number of esters is 1. The minimum Gasteiger partial charge on any atom is -0.466 e. The highest BCUT2D eigenvalue weighted by Crippen LogP contribution is 2.18. The van der Waals surface area contributed by atoms with Gasteiger partial charge >= 0.3 is 5.97 Å². The summed E-state index contributed by atoms with van der Waals surface area (Å²) in [7, 11) is 0. The van der Waals surface area contributed by atoms with E-state index in [1.807, 2.05) is 0 Å². The van der Waals surface area contributed by atoms with Crippen molar-refractivity contribution in [1.82, 2.24) is 25.5 Å². The van der Waals surface area contributed by atoms with Gasteiger partial charge in [-0.05, 0) is 44.9 Å². The summed E-state index contributed by atoms with van der Waals surface area (Å²) in [5.41, 5.74) is 0.799. The number of benzene rings is 1. The number of aryl methyl sites for hydroxylation is 1. The third kappa shape index (κ3) is 8.28. The van der Waals surface area contributed by atoms with E-state index in [9.17, 15) is 19.2 Å². The molecule has 1 aromatic heterocycles. The van der Waals surface area contributed by atoms with Crippen LogP contribution in [0.3, 0.4) is 0 Å². The lowest BCUT2D eigenvalue weighted by atomic mass is 9.97. The highest BCUT2D eigenvalue weighted by atomic mass is 35.5. The molecule has 0 bridgehead atoms. The van der Waals surface area contributed by atoms with Crippen molar-refractivity contribution in [3.8, 4) is 0 Å². The molecule has 11 nitrogen and oxygen atoms in total. The Morgan fingerprint density at radius 2 is 1.84 bits per heavy atom. The Morgan fingerprint density at radius 1 is 1.14 bits per heavy atom. The van der Waals surface area contributed by atoms with Crippen molar-refractivity contribution in [1.29, 1.82) is 0 Å². The first-order valence-corrected chi connectivity index (χ1v) is 12.2. The number of anilines is 1. The molecule has 3 N–H and O–H groups in total. The van der Waals surface area contributed by atoms with Gasteiger partial charge in [-0.25, -0.2) is 9.97 Å². The van der Waals surface area contributed by atoms with E-state index in [2.05, 4.69) is 25.9 Å². The Labute approximate surface area is 219 Å². The molecule has 0 unspecified atom stereocenters. The van der Waals surface area contributed by atoms with E-state index in [0.29, 0.717) is 43.8 Å². The van der Waals surface area contributed by atoms with Crippen LogP contribution in [0, 0.1) is 12.8 Å². The molecular weight excluding hydrogens is 500 g/mol. The molecule has 1 fully saturated rings. The van der Waals surface area contributed by atoms with Crippen LogP contribution in [-0.4, -0.2) is 64.8 Å². The van der Waals surface area contributed by atoms with Gasteiger partial charge < -0.3 is 25.6 Å². The van der Waals surface area contributed by atoms with Crippen molar-refractivity contribution in [2.24, 2.45) is 5.92 Å². The van der Waals surface area contributed by atoms with E-state index in [-0.39, 0.29) is 41.1 Å². The molecule has 0 aliphatic carbocycles. The van der Waals surface area contributed by atoms with E-state index in [0.717, 1.165) is 0 Å². The van der Waals surface area contributed by atoms with Crippen LogP contribution in [0.15, 0.2) is 48.3 Å². The van der Waals surface area contributed by atoms with Crippen LogP contribution in [-0.2, 0) is 19.1 Å². The number of nitrogens with one attached hydrogen (secondary N) is 3. The van der Waals surface area contributed by atoms with E-state index < -0.39 is 11.8 Å². The van der Waals surface area contributed by atoms with E-state index >= 15 is 0 Å². The first kappa shape index (κ1) is 27.6. The first-order chi connectivity index (χ1) is 17.8. The second-order valence-corrected chi connectivity index (χ2v) is 8.66. The number of ether oxygens (including phenoxy) is 1. The minimum atomic E-state index is -0.690. The van der Waals surface area contributed by atoms with Crippen molar-refractivity contribution in [2.75, 3.05) is 31.6 Å². The van der Waals surface area contributed by atoms with Crippen molar-refractivity contribution < 1.29 is 23.9 Å². The smallest absolute Gasteiger partial charge is 0.309 e. The van der Waals surface area contributed by atoms with Gasteiger partial charge in [0, 0.05) is 30.5 Å². The van der Waals surface area contributed by atoms with Gasteiger partial charge in [-0.1, -0.05) is 29.8 Å². The van der Waals surface area contributed by atoms with E-state index in [4.69, 9.17) is 16.3 Å². The molecule has 0 spiro atoms. The quantitative estimate of drug-likeness (QED) is 0.255. The van der Waals surface area contributed by atoms with Crippen molar-refractivity contribution in [3.05, 3.63) is 64.7 Å². The molecule has 1 aliphatic heterocycles. The van der Waals surface area contributed by atoms with Gasteiger partial charge in [-0.2, -0.15) is 0 Å². The Morgan fingerprint density at radius 3 is 2.49 bits per heavy atom. The predicted molar refractivity (Wildman–Crippen MR) is 136 cm³/mol. The second-order valence-electron chi connectivity index (χ2n) is 8.27. The lowest BCUT2D eigenvalue weighted by Crippen LogP contribution is -2.46. The van der Waals surface area contributed by atoms with Crippen molar-refractivity contribution >= 4 is 41.2 Å². The topological polar surface area (TPSA) is 143 Å². The second kappa shape index (κ2) is 13.4. The number of aromatic nitrogens is 2. The van der Waals surface area contributed by atoms with Gasteiger partial charge in [-0.15, -0.1) is 0 Å². The maximum absolute atomic E-state index is 12.9. The maximum Gasteiger partial charge on any atom is 0.309 e. The molecule has 1 aromatic carbocycles. The molecule has 1 saturated heterocycles. The number of carbonyl (C=O) groups is 4. The molecule has 0 saturated carbocycles.